The first-order valence-electron chi connectivity index (χ1n) is 5.12. The quantitative estimate of drug-likeness (QED) is 0.583. The van der Waals surface area contributed by atoms with E-state index in [1.165, 1.54) is 12.8 Å². The van der Waals surface area contributed by atoms with Gasteiger partial charge in [0.25, 0.3) is 0 Å². The Labute approximate surface area is 86.2 Å². The van der Waals surface area contributed by atoms with Gasteiger partial charge in [-0.05, 0) is 39.8 Å². The average Bonchev–Trinajstić information content (AvgIpc) is 2.05. The Kier molecular flexibility index (Phi) is 6.64. The zero-order valence-electron chi connectivity index (χ0n) is 9.39. The molecule has 0 aliphatic heterocycles. The molecule has 0 unspecified atom stereocenters. The molecule has 77 valence electrons. The lowest BCUT2D eigenvalue weighted by molar-refractivity contribution is 0.0681. The van der Waals surface area contributed by atoms with Gasteiger partial charge in [-0.15, -0.1) is 0 Å². The maximum absolute atomic E-state index is 5.22. The fraction of sp³-hybridized carbons (Fsp3) is 1.00. The van der Waals surface area contributed by atoms with Gasteiger partial charge in [-0.25, -0.2) is 0 Å². The van der Waals surface area contributed by atoms with Crippen molar-refractivity contribution in [3.05, 3.63) is 0 Å². The van der Waals surface area contributed by atoms with Crippen LogP contribution in [0.1, 0.15) is 40.5 Å². The fourth-order valence-corrected chi connectivity index (χ4v) is 1.54. The maximum atomic E-state index is 5.22. The van der Waals surface area contributed by atoms with Crippen molar-refractivity contribution < 1.29 is 4.43 Å². The lowest BCUT2D eigenvalue weighted by Gasteiger charge is -2.31. The van der Waals surface area contributed by atoms with Crippen LogP contribution in [0.25, 0.3) is 0 Å². The Hall–Kier alpha value is 0.137. The van der Waals surface area contributed by atoms with Crippen molar-refractivity contribution in [2.24, 2.45) is 0 Å². The molecule has 0 saturated carbocycles. The Morgan fingerprint density at radius 3 is 1.92 bits per heavy atom. The summed E-state index contributed by atoms with van der Waals surface area (Å²) in [4.78, 5) is 2.44. The first-order valence-corrected chi connectivity index (χ1v) is 5.53. The maximum Gasteiger partial charge on any atom is 0.247 e. The van der Waals surface area contributed by atoms with Crippen molar-refractivity contribution in [1.82, 2.24) is 4.90 Å². The van der Waals surface area contributed by atoms with Crippen LogP contribution in [0.3, 0.4) is 0 Å². The highest BCUT2D eigenvalue weighted by Gasteiger charge is 2.19. The Balaban J connectivity index is 3.92. The molecule has 0 bridgehead atoms. The van der Waals surface area contributed by atoms with Gasteiger partial charge in [0.05, 0.1) is 5.60 Å². The zero-order chi connectivity index (χ0) is 10.3. The van der Waals surface area contributed by atoms with E-state index in [2.05, 4.69) is 43.1 Å². The van der Waals surface area contributed by atoms with Gasteiger partial charge < -0.3 is 9.33 Å². The second-order valence-corrected chi connectivity index (χ2v) is 4.34. The smallest absolute Gasteiger partial charge is 0.247 e. The van der Waals surface area contributed by atoms with Crippen molar-refractivity contribution in [2.75, 3.05) is 19.6 Å². The van der Waals surface area contributed by atoms with Crippen molar-refractivity contribution in [2.45, 2.75) is 46.1 Å². The molecule has 0 aromatic rings. The SMILES string of the molecule is CCCN(CCC)CC(C)(C)O[Si]. The minimum Gasteiger partial charge on any atom is -0.412 e. The van der Waals surface area contributed by atoms with Crippen LogP contribution in [0.4, 0.5) is 0 Å². The second-order valence-electron chi connectivity index (χ2n) is 4.14. The number of hydrogen-bond donors (Lipinski definition) is 0. The van der Waals surface area contributed by atoms with Gasteiger partial charge in [-0.3, -0.25) is 0 Å². The number of rotatable bonds is 7. The van der Waals surface area contributed by atoms with Crippen LogP contribution in [0.15, 0.2) is 0 Å². The number of nitrogens with zero attached hydrogens (tertiary/aromatic N) is 1. The molecule has 0 aliphatic carbocycles. The van der Waals surface area contributed by atoms with Gasteiger partial charge in [0.1, 0.15) is 0 Å². The molecule has 3 radical (unpaired) electrons. The van der Waals surface area contributed by atoms with E-state index >= 15 is 0 Å². The summed E-state index contributed by atoms with van der Waals surface area (Å²) in [7, 11) is 3.12. The summed E-state index contributed by atoms with van der Waals surface area (Å²) >= 11 is 0. The molecule has 0 atom stereocenters. The first-order chi connectivity index (χ1) is 6.05. The highest BCUT2D eigenvalue weighted by atomic mass is 28.2. The van der Waals surface area contributed by atoms with Crippen LogP contribution in [0.2, 0.25) is 0 Å². The fourth-order valence-electron chi connectivity index (χ4n) is 1.47. The van der Waals surface area contributed by atoms with Crippen LogP contribution < -0.4 is 0 Å². The number of hydrogen-bond acceptors (Lipinski definition) is 2. The average molecular weight is 200 g/mol. The summed E-state index contributed by atoms with van der Waals surface area (Å²) in [5, 5.41) is 0. The third-order valence-corrected chi connectivity index (χ3v) is 2.51. The molecule has 0 N–H and O–H groups in total. The van der Waals surface area contributed by atoms with Gasteiger partial charge in [0.15, 0.2) is 0 Å². The standard InChI is InChI=1S/C10H22NOSi/c1-5-7-11(8-6-2)9-10(3,4)12-13/h5-9H2,1-4H3. The van der Waals surface area contributed by atoms with E-state index in [0.717, 1.165) is 19.6 Å². The lowest BCUT2D eigenvalue weighted by atomic mass is 10.1. The van der Waals surface area contributed by atoms with Gasteiger partial charge in [-0.1, -0.05) is 13.8 Å². The zero-order valence-corrected chi connectivity index (χ0v) is 10.4. The normalized spacial score (nSPS) is 12.5. The van der Waals surface area contributed by atoms with Crippen LogP contribution in [-0.2, 0) is 4.43 Å². The lowest BCUT2D eigenvalue weighted by Crippen LogP contribution is -2.41. The van der Waals surface area contributed by atoms with Crippen molar-refractivity contribution >= 4 is 10.5 Å². The predicted octanol–water partition coefficient (Wildman–Crippen LogP) is 1.99. The summed E-state index contributed by atoms with van der Waals surface area (Å²) in [6.07, 6.45) is 2.41. The molecule has 0 amide bonds. The van der Waals surface area contributed by atoms with E-state index in [0.29, 0.717) is 0 Å². The molecule has 0 saturated heterocycles. The highest BCUT2D eigenvalue weighted by Crippen LogP contribution is 2.10. The van der Waals surface area contributed by atoms with E-state index in [1.54, 1.807) is 0 Å². The molecule has 0 aromatic carbocycles. The molecule has 3 heteroatoms. The van der Waals surface area contributed by atoms with E-state index in [9.17, 15) is 0 Å². The van der Waals surface area contributed by atoms with Gasteiger partial charge in [0, 0.05) is 6.54 Å². The minimum absolute atomic E-state index is 0.0960. The van der Waals surface area contributed by atoms with Crippen LogP contribution >= 0.6 is 0 Å². The van der Waals surface area contributed by atoms with E-state index in [-0.39, 0.29) is 5.60 Å². The molecule has 2 nitrogen and oxygen atoms in total. The van der Waals surface area contributed by atoms with Crippen molar-refractivity contribution in [3.63, 3.8) is 0 Å². The molecule has 0 spiro atoms. The third kappa shape index (κ3) is 6.24. The Bertz CT molecular complexity index is 122. The molecule has 0 aliphatic rings. The molecule has 0 rings (SSSR count). The van der Waals surface area contributed by atoms with Crippen molar-refractivity contribution in [3.8, 4) is 0 Å². The molecule has 0 aromatic heterocycles. The predicted molar refractivity (Wildman–Crippen MR) is 57.9 cm³/mol. The molecular formula is C10H22NOSi. The molecule has 0 fully saturated rings. The summed E-state index contributed by atoms with van der Waals surface area (Å²) in [5.41, 5.74) is -0.0960. The highest BCUT2D eigenvalue weighted by molar-refractivity contribution is 5.98. The van der Waals surface area contributed by atoms with Gasteiger partial charge >= 0.3 is 0 Å². The van der Waals surface area contributed by atoms with Gasteiger partial charge in [-0.2, -0.15) is 0 Å². The van der Waals surface area contributed by atoms with Crippen LogP contribution in [0.5, 0.6) is 0 Å². The largest absolute Gasteiger partial charge is 0.412 e. The van der Waals surface area contributed by atoms with E-state index in [1.807, 2.05) is 0 Å². The molecule has 13 heavy (non-hydrogen) atoms. The molecular weight excluding hydrogens is 178 g/mol. The van der Waals surface area contributed by atoms with E-state index < -0.39 is 0 Å². The minimum atomic E-state index is -0.0960. The summed E-state index contributed by atoms with van der Waals surface area (Å²) < 4.78 is 5.22. The van der Waals surface area contributed by atoms with Crippen molar-refractivity contribution in [1.29, 1.82) is 0 Å². The topological polar surface area (TPSA) is 12.5 Å². The van der Waals surface area contributed by atoms with E-state index in [4.69, 9.17) is 4.43 Å². The van der Waals surface area contributed by atoms with Crippen LogP contribution in [-0.4, -0.2) is 40.6 Å². The first kappa shape index (κ1) is 13.1. The van der Waals surface area contributed by atoms with Crippen LogP contribution in [0, 0.1) is 0 Å². The van der Waals surface area contributed by atoms with Gasteiger partial charge in [0.2, 0.25) is 10.5 Å². The summed E-state index contributed by atoms with van der Waals surface area (Å²) in [6, 6.07) is 0. The summed E-state index contributed by atoms with van der Waals surface area (Å²) in [6.45, 7) is 11.9. The second kappa shape index (κ2) is 6.57. The third-order valence-electron chi connectivity index (χ3n) is 1.96. The Morgan fingerprint density at radius 2 is 1.62 bits per heavy atom. The Morgan fingerprint density at radius 1 is 1.15 bits per heavy atom. The summed E-state index contributed by atoms with van der Waals surface area (Å²) in [5.74, 6) is 0. The molecule has 0 heterocycles. The monoisotopic (exact) mass is 200 g/mol.